The first kappa shape index (κ1) is 15.6. The van der Waals surface area contributed by atoms with Crippen molar-refractivity contribution in [3.8, 4) is 0 Å². The van der Waals surface area contributed by atoms with Crippen molar-refractivity contribution in [2.45, 2.75) is 39.2 Å². The van der Waals surface area contributed by atoms with Gasteiger partial charge in [0.05, 0.1) is 15.5 Å². The lowest BCUT2D eigenvalue weighted by molar-refractivity contribution is -0.165. The van der Waals surface area contributed by atoms with Crippen LogP contribution in [0.15, 0.2) is 12.3 Å². The largest absolute Gasteiger partial charge is 0.448 e. The van der Waals surface area contributed by atoms with Crippen molar-refractivity contribution in [2.24, 2.45) is 10.8 Å². The monoisotopic (exact) mass is 342 g/mol. The molecule has 2 bridgehead atoms. The molecule has 0 unspecified atom stereocenters. The lowest BCUT2D eigenvalue weighted by atomic mass is 9.66. The number of nitrogens with zero attached hydrogens (tertiary/aromatic N) is 1. The Morgan fingerprint density at radius 3 is 2.50 bits per heavy atom. The first-order valence-electron chi connectivity index (χ1n) is 7.00. The van der Waals surface area contributed by atoms with Gasteiger partial charge >= 0.3 is 5.97 Å². The van der Waals surface area contributed by atoms with Gasteiger partial charge in [0.25, 0.3) is 5.91 Å². The smallest absolute Gasteiger partial charge is 0.313 e. The van der Waals surface area contributed by atoms with Gasteiger partial charge in [-0.25, -0.2) is 4.98 Å². The van der Waals surface area contributed by atoms with E-state index in [0.29, 0.717) is 17.9 Å². The van der Waals surface area contributed by atoms with Gasteiger partial charge in [-0.05, 0) is 25.8 Å². The number of amides is 1. The molecule has 1 aromatic rings. The van der Waals surface area contributed by atoms with Gasteiger partial charge < -0.3 is 10.1 Å². The number of esters is 1. The van der Waals surface area contributed by atoms with Gasteiger partial charge in [-0.3, -0.25) is 9.59 Å². The van der Waals surface area contributed by atoms with Crippen LogP contribution in [0, 0.1) is 10.8 Å². The summed E-state index contributed by atoms with van der Waals surface area (Å²) in [7, 11) is 0. The lowest BCUT2D eigenvalue weighted by Gasteiger charge is -2.35. The SMILES string of the molecule is CC1(C)[C@@]2(C)CC[C@@]1(C(=O)Nc1ncc(Cl)cc1Cl)OC2=O. The number of fused-ring (bicyclic) bond motifs is 2. The Kier molecular flexibility index (Phi) is 3.24. The van der Waals surface area contributed by atoms with Gasteiger partial charge in [-0.2, -0.15) is 0 Å². The molecule has 2 atom stereocenters. The second-order valence-electron chi connectivity index (χ2n) is 6.61. The Morgan fingerprint density at radius 1 is 1.32 bits per heavy atom. The number of carbonyl (C=O) groups is 2. The van der Waals surface area contributed by atoms with Crippen LogP contribution in [0.5, 0.6) is 0 Å². The zero-order valence-corrected chi connectivity index (χ0v) is 14.0. The van der Waals surface area contributed by atoms with Crippen molar-refractivity contribution in [1.82, 2.24) is 4.98 Å². The highest BCUT2D eigenvalue weighted by molar-refractivity contribution is 6.36. The summed E-state index contributed by atoms with van der Waals surface area (Å²) in [6.45, 7) is 5.63. The van der Waals surface area contributed by atoms with Gasteiger partial charge in [0.2, 0.25) is 0 Å². The van der Waals surface area contributed by atoms with E-state index in [2.05, 4.69) is 10.3 Å². The third-order valence-corrected chi connectivity index (χ3v) is 5.98. The van der Waals surface area contributed by atoms with Crippen LogP contribution in [0.25, 0.3) is 0 Å². The summed E-state index contributed by atoms with van der Waals surface area (Å²) in [6.07, 6.45) is 2.50. The quantitative estimate of drug-likeness (QED) is 0.835. The Bertz CT molecular complexity index is 691. The van der Waals surface area contributed by atoms with Crippen LogP contribution in [0.3, 0.4) is 0 Å². The van der Waals surface area contributed by atoms with Crippen molar-refractivity contribution in [3.05, 3.63) is 22.3 Å². The minimum absolute atomic E-state index is 0.206. The van der Waals surface area contributed by atoms with E-state index in [1.54, 1.807) is 0 Å². The van der Waals surface area contributed by atoms with E-state index in [9.17, 15) is 9.59 Å². The van der Waals surface area contributed by atoms with Crippen molar-refractivity contribution >= 4 is 40.9 Å². The molecule has 0 spiro atoms. The normalized spacial score (nSPS) is 32.0. The number of aromatic nitrogens is 1. The number of anilines is 1. The topological polar surface area (TPSA) is 68.3 Å². The van der Waals surface area contributed by atoms with Crippen LogP contribution in [-0.4, -0.2) is 22.5 Å². The Balaban J connectivity index is 1.94. The van der Waals surface area contributed by atoms with Crippen LogP contribution in [-0.2, 0) is 14.3 Å². The molecule has 118 valence electrons. The second-order valence-corrected chi connectivity index (χ2v) is 7.46. The van der Waals surface area contributed by atoms with Crippen molar-refractivity contribution < 1.29 is 14.3 Å². The number of halogens is 2. The molecule has 7 heteroatoms. The number of ether oxygens (including phenoxy) is 1. The van der Waals surface area contributed by atoms with Crippen molar-refractivity contribution in [3.63, 3.8) is 0 Å². The lowest BCUT2D eigenvalue weighted by Crippen LogP contribution is -2.50. The van der Waals surface area contributed by atoms with E-state index >= 15 is 0 Å². The Morgan fingerprint density at radius 2 is 2.00 bits per heavy atom. The maximum Gasteiger partial charge on any atom is 0.313 e. The number of carbonyl (C=O) groups excluding carboxylic acids is 2. The summed E-state index contributed by atoms with van der Waals surface area (Å²) in [5.41, 5.74) is -2.45. The number of hydrogen-bond acceptors (Lipinski definition) is 4. The molecule has 1 aliphatic carbocycles. The molecule has 1 saturated carbocycles. The van der Waals surface area contributed by atoms with Gasteiger partial charge in [0.1, 0.15) is 0 Å². The van der Waals surface area contributed by atoms with E-state index in [0.717, 1.165) is 0 Å². The van der Waals surface area contributed by atoms with E-state index < -0.39 is 22.3 Å². The van der Waals surface area contributed by atoms with Crippen LogP contribution < -0.4 is 5.32 Å². The second kappa shape index (κ2) is 4.59. The third kappa shape index (κ3) is 1.75. The third-order valence-electron chi connectivity index (χ3n) is 5.49. The molecular weight excluding hydrogens is 327 g/mol. The molecule has 1 aliphatic heterocycles. The molecule has 3 rings (SSSR count). The molecule has 1 amide bonds. The minimum atomic E-state index is -1.19. The molecule has 1 saturated heterocycles. The highest BCUT2D eigenvalue weighted by Gasteiger charge is 2.75. The van der Waals surface area contributed by atoms with Crippen molar-refractivity contribution in [1.29, 1.82) is 0 Å². The molecule has 0 radical (unpaired) electrons. The number of pyridine rings is 1. The van der Waals surface area contributed by atoms with Gasteiger partial charge in [0, 0.05) is 11.6 Å². The van der Waals surface area contributed by atoms with Crippen LogP contribution in [0.4, 0.5) is 5.82 Å². The molecular formula is C15H16Cl2N2O3. The van der Waals surface area contributed by atoms with E-state index in [4.69, 9.17) is 27.9 Å². The van der Waals surface area contributed by atoms with Gasteiger partial charge in [0.15, 0.2) is 11.4 Å². The molecule has 22 heavy (non-hydrogen) atoms. The standard InChI is InChI=1S/C15H16Cl2N2O3/c1-13(2)14(3)4-5-15(13,22-12(14)21)11(20)19-10-9(17)6-8(16)7-18-10/h6-7H,4-5H2,1-3H3,(H,18,19,20)/t14-,15-/m0/s1. The van der Waals surface area contributed by atoms with Crippen molar-refractivity contribution in [2.75, 3.05) is 5.32 Å². The average molecular weight is 343 g/mol. The molecule has 0 aromatic carbocycles. The maximum atomic E-state index is 12.8. The fourth-order valence-corrected chi connectivity index (χ4v) is 3.89. The molecule has 2 heterocycles. The highest BCUT2D eigenvalue weighted by atomic mass is 35.5. The fraction of sp³-hybridized carbons (Fsp3) is 0.533. The molecule has 1 aromatic heterocycles. The number of rotatable bonds is 2. The number of hydrogen-bond donors (Lipinski definition) is 1. The first-order valence-corrected chi connectivity index (χ1v) is 7.76. The molecule has 5 nitrogen and oxygen atoms in total. The van der Waals surface area contributed by atoms with Gasteiger partial charge in [-0.1, -0.05) is 37.0 Å². The predicted molar refractivity (Wildman–Crippen MR) is 82.8 cm³/mol. The highest BCUT2D eigenvalue weighted by Crippen LogP contribution is 2.65. The fourth-order valence-electron chi connectivity index (χ4n) is 3.46. The summed E-state index contributed by atoms with van der Waals surface area (Å²) in [5.74, 6) is -0.518. The van der Waals surface area contributed by atoms with Gasteiger partial charge in [-0.15, -0.1) is 0 Å². The average Bonchev–Trinajstić information content (AvgIpc) is 2.72. The van der Waals surface area contributed by atoms with E-state index in [1.165, 1.54) is 12.3 Å². The van der Waals surface area contributed by atoms with Crippen LogP contribution >= 0.6 is 23.2 Å². The molecule has 2 fully saturated rings. The van der Waals surface area contributed by atoms with Crippen LogP contribution in [0.1, 0.15) is 33.6 Å². The molecule has 1 N–H and O–H groups in total. The minimum Gasteiger partial charge on any atom is -0.448 e. The summed E-state index contributed by atoms with van der Waals surface area (Å²) < 4.78 is 5.52. The first-order chi connectivity index (χ1) is 10.1. The zero-order chi connectivity index (χ0) is 16.3. The summed E-state index contributed by atoms with van der Waals surface area (Å²) in [5, 5.41) is 3.29. The number of nitrogens with one attached hydrogen (secondary N) is 1. The Hall–Kier alpha value is -1.33. The predicted octanol–water partition coefficient (Wildman–Crippen LogP) is 3.45. The molecule has 2 aliphatic rings. The maximum absolute atomic E-state index is 12.8. The Labute approximate surface area is 138 Å². The van der Waals surface area contributed by atoms with Crippen LogP contribution in [0.2, 0.25) is 10.0 Å². The van der Waals surface area contributed by atoms with E-state index in [1.807, 2.05) is 20.8 Å². The summed E-state index contributed by atoms with van der Waals surface area (Å²) in [6, 6.07) is 1.49. The zero-order valence-electron chi connectivity index (χ0n) is 12.5. The summed E-state index contributed by atoms with van der Waals surface area (Å²) >= 11 is 11.8. The van der Waals surface area contributed by atoms with E-state index in [-0.39, 0.29) is 16.8 Å². The summed E-state index contributed by atoms with van der Waals surface area (Å²) in [4.78, 5) is 29.0.